The number of hydrogen-bond donors (Lipinski definition) is 2. The molecule has 21 heavy (non-hydrogen) atoms. The highest BCUT2D eigenvalue weighted by Gasteiger charge is 2.23. The minimum Gasteiger partial charge on any atom is -0.325 e. The molecule has 0 radical (unpaired) electrons. The summed E-state index contributed by atoms with van der Waals surface area (Å²) < 4.78 is 0. The van der Waals surface area contributed by atoms with Crippen LogP contribution in [0.15, 0.2) is 18.2 Å². The summed E-state index contributed by atoms with van der Waals surface area (Å²) >= 11 is 6.22. The molecule has 2 rings (SSSR count). The maximum absolute atomic E-state index is 11.9. The number of rotatable bonds is 5. The second-order valence-corrected chi connectivity index (χ2v) is 5.61. The third-order valence-electron chi connectivity index (χ3n) is 3.52. The van der Waals surface area contributed by atoms with Crippen molar-refractivity contribution in [3.63, 3.8) is 0 Å². The Morgan fingerprint density at radius 2 is 2.29 bits per heavy atom. The van der Waals surface area contributed by atoms with E-state index in [4.69, 9.17) is 17.3 Å². The van der Waals surface area contributed by atoms with E-state index in [1.165, 1.54) is 0 Å². The van der Waals surface area contributed by atoms with E-state index in [1.807, 2.05) is 6.92 Å². The molecule has 3 N–H and O–H groups in total. The predicted octanol–water partition coefficient (Wildman–Crippen LogP) is 2.53. The molecule has 2 amide bonds. The van der Waals surface area contributed by atoms with Crippen molar-refractivity contribution in [2.75, 3.05) is 16.8 Å². The molecule has 1 heterocycles. The van der Waals surface area contributed by atoms with Gasteiger partial charge in [-0.05, 0) is 31.0 Å². The summed E-state index contributed by atoms with van der Waals surface area (Å²) in [6.07, 6.45) is 2.89. The first-order valence-corrected chi connectivity index (χ1v) is 7.57. The van der Waals surface area contributed by atoms with Crippen LogP contribution in [-0.4, -0.2) is 24.4 Å². The van der Waals surface area contributed by atoms with Gasteiger partial charge in [0, 0.05) is 18.7 Å². The van der Waals surface area contributed by atoms with Crippen LogP contribution < -0.4 is 16.0 Å². The number of nitrogens with two attached hydrogens (primary N) is 1. The van der Waals surface area contributed by atoms with E-state index in [9.17, 15) is 9.59 Å². The van der Waals surface area contributed by atoms with Gasteiger partial charge in [0.2, 0.25) is 11.8 Å². The molecule has 0 saturated carbocycles. The van der Waals surface area contributed by atoms with E-state index in [0.717, 1.165) is 12.8 Å². The van der Waals surface area contributed by atoms with E-state index < -0.39 is 6.04 Å². The molecule has 1 fully saturated rings. The second-order valence-electron chi connectivity index (χ2n) is 5.20. The first-order chi connectivity index (χ1) is 10.0. The number of halogens is 1. The SMILES string of the molecule is CCC[C@H](N)C(=O)Nc1ccc(N2CCCC2=O)c(Cl)c1. The van der Waals surface area contributed by atoms with Crippen LogP contribution in [0.4, 0.5) is 11.4 Å². The molecule has 0 spiro atoms. The number of nitrogens with zero attached hydrogens (tertiary/aromatic N) is 1. The first kappa shape index (κ1) is 15.8. The zero-order chi connectivity index (χ0) is 15.4. The van der Waals surface area contributed by atoms with Crippen molar-refractivity contribution in [3.8, 4) is 0 Å². The summed E-state index contributed by atoms with van der Waals surface area (Å²) in [6, 6.07) is 4.63. The van der Waals surface area contributed by atoms with Crippen LogP contribution in [-0.2, 0) is 9.59 Å². The predicted molar refractivity (Wildman–Crippen MR) is 84.6 cm³/mol. The molecule has 0 aliphatic carbocycles. The maximum Gasteiger partial charge on any atom is 0.241 e. The minimum atomic E-state index is -0.520. The van der Waals surface area contributed by atoms with Gasteiger partial charge in [-0.3, -0.25) is 9.59 Å². The average molecular weight is 310 g/mol. The van der Waals surface area contributed by atoms with Crippen LogP contribution in [0.25, 0.3) is 0 Å². The summed E-state index contributed by atoms with van der Waals surface area (Å²) in [5.41, 5.74) is 7.04. The van der Waals surface area contributed by atoms with Gasteiger partial charge in [0.1, 0.15) is 0 Å². The van der Waals surface area contributed by atoms with Crippen LogP contribution in [0.5, 0.6) is 0 Å². The molecule has 0 aromatic heterocycles. The van der Waals surface area contributed by atoms with E-state index in [2.05, 4.69) is 5.32 Å². The minimum absolute atomic E-state index is 0.0821. The number of benzene rings is 1. The largest absolute Gasteiger partial charge is 0.325 e. The number of anilines is 2. The van der Waals surface area contributed by atoms with Crippen molar-refractivity contribution in [2.24, 2.45) is 5.73 Å². The zero-order valence-corrected chi connectivity index (χ0v) is 12.8. The number of amides is 2. The van der Waals surface area contributed by atoms with Crippen LogP contribution in [0.2, 0.25) is 5.02 Å². The first-order valence-electron chi connectivity index (χ1n) is 7.19. The summed E-state index contributed by atoms with van der Waals surface area (Å²) in [4.78, 5) is 25.3. The Morgan fingerprint density at radius 3 is 2.86 bits per heavy atom. The normalized spacial score (nSPS) is 16.1. The highest BCUT2D eigenvalue weighted by Crippen LogP contribution is 2.31. The van der Waals surface area contributed by atoms with Crippen molar-refractivity contribution in [2.45, 2.75) is 38.6 Å². The standard InChI is InChI=1S/C15H20ClN3O2/c1-2-4-12(17)15(21)18-10-6-7-13(11(16)9-10)19-8-3-5-14(19)20/h6-7,9,12H,2-5,8,17H2,1H3,(H,18,21)/t12-/m0/s1. The van der Waals surface area contributed by atoms with Crippen LogP contribution >= 0.6 is 11.6 Å². The fourth-order valence-electron chi connectivity index (χ4n) is 2.38. The molecule has 0 unspecified atom stereocenters. The Balaban J connectivity index is 2.08. The lowest BCUT2D eigenvalue weighted by Gasteiger charge is -2.18. The van der Waals surface area contributed by atoms with E-state index in [-0.39, 0.29) is 11.8 Å². The van der Waals surface area contributed by atoms with Gasteiger partial charge in [-0.25, -0.2) is 0 Å². The molecule has 1 aromatic rings. The molecule has 1 aliphatic heterocycles. The van der Waals surface area contributed by atoms with Gasteiger partial charge in [0.15, 0.2) is 0 Å². The Hall–Kier alpha value is -1.59. The zero-order valence-electron chi connectivity index (χ0n) is 12.1. The van der Waals surface area contributed by atoms with Crippen molar-refractivity contribution < 1.29 is 9.59 Å². The number of carbonyl (C=O) groups is 2. The van der Waals surface area contributed by atoms with Gasteiger partial charge < -0.3 is 16.0 Å². The summed E-state index contributed by atoms with van der Waals surface area (Å²) in [5.74, 6) is -0.142. The summed E-state index contributed by atoms with van der Waals surface area (Å²) in [6.45, 7) is 2.66. The Bertz CT molecular complexity index is 548. The monoisotopic (exact) mass is 309 g/mol. The van der Waals surface area contributed by atoms with Crippen molar-refractivity contribution in [3.05, 3.63) is 23.2 Å². The van der Waals surface area contributed by atoms with Crippen LogP contribution in [0, 0.1) is 0 Å². The molecule has 1 atom stereocenters. The van der Waals surface area contributed by atoms with Crippen molar-refractivity contribution in [1.82, 2.24) is 0 Å². The molecule has 1 aromatic carbocycles. The maximum atomic E-state index is 11.9. The van der Waals surface area contributed by atoms with Crippen molar-refractivity contribution in [1.29, 1.82) is 0 Å². The Kier molecular flexibility index (Phi) is 5.20. The third kappa shape index (κ3) is 3.74. The van der Waals surface area contributed by atoms with Crippen LogP contribution in [0.3, 0.4) is 0 Å². The van der Waals surface area contributed by atoms with E-state index >= 15 is 0 Å². The van der Waals surface area contributed by atoms with Crippen molar-refractivity contribution >= 4 is 34.8 Å². The fraction of sp³-hybridized carbons (Fsp3) is 0.467. The Morgan fingerprint density at radius 1 is 1.52 bits per heavy atom. The summed E-state index contributed by atoms with van der Waals surface area (Å²) in [7, 11) is 0. The lowest BCUT2D eigenvalue weighted by atomic mass is 10.1. The van der Waals surface area contributed by atoms with E-state index in [1.54, 1.807) is 23.1 Å². The Labute approximate surface area is 129 Å². The fourth-order valence-corrected chi connectivity index (χ4v) is 2.67. The molecule has 0 bridgehead atoms. The van der Waals surface area contributed by atoms with Crippen LogP contribution in [0.1, 0.15) is 32.6 Å². The number of nitrogens with one attached hydrogen (secondary N) is 1. The molecular weight excluding hydrogens is 290 g/mol. The van der Waals surface area contributed by atoms with Gasteiger partial charge in [0.25, 0.3) is 0 Å². The van der Waals surface area contributed by atoms with Gasteiger partial charge >= 0.3 is 0 Å². The third-order valence-corrected chi connectivity index (χ3v) is 3.82. The lowest BCUT2D eigenvalue weighted by molar-refractivity contribution is -0.118. The van der Waals surface area contributed by atoms with Gasteiger partial charge in [0.05, 0.1) is 16.8 Å². The highest BCUT2D eigenvalue weighted by molar-refractivity contribution is 6.34. The van der Waals surface area contributed by atoms with Gasteiger partial charge in [-0.1, -0.05) is 24.9 Å². The number of hydrogen-bond acceptors (Lipinski definition) is 3. The van der Waals surface area contributed by atoms with Gasteiger partial charge in [-0.15, -0.1) is 0 Å². The quantitative estimate of drug-likeness (QED) is 0.877. The molecule has 5 nitrogen and oxygen atoms in total. The topological polar surface area (TPSA) is 75.4 Å². The number of carbonyl (C=O) groups excluding carboxylic acids is 2. The molecule has 114 valence electrons. The highest BCUT2D eigenvalue weighted by atomic mass is 35.5. The summed E-state index contributed by atoms with van der Waals surface area (Å²) in [5, 5.41) is 3.20. The van der Waals surface area contributed by atoms with Gasteiger partial charge in [-0.2, -0.15) is 0 Å². The van der Waals surface area contributed by atoms with E-state index in [0.29, 0.717) is 35.8 Å². The molecule has 6 heteroatoms. The molecule has 1 saturated heterocycles. The second kappa shape index (κ2) is 6.91. The smallest absolute Gasteiger partial charge is 0.241 e. The lowest BCUT2D eigenvalue weighted by Crippen LogP contribution is -2.35. The molecular formula is C15H20ClN3O2. The average Bonchev–Trinajstić information content (AvgIpc) is 2.85. The molecule has 1 aliphatic rings.